The number of aliphatic hydroxyl groups is 2. The van der Waals surface area contributed by atoms with Crippen molar-refractivity contribution >= 4 is 0 Å². The zero-order valence-corrected chi connectivity index (χ0v) is 8.03. The number of aliphatic hydroxyl groups excluding tert-OH is 2. The Bertz CT molecular complexity index is 211. The fourth-order valence-electron chi connectivity index (χ4n) is 0.866. The summed E-state index contributed by atoms with van der Waals surface area (Å²) in [6, 6.07) is 0. The molecular weight excluding hydrogens is 166 g/mol. The molecule has 0 heterocycles. The molecule has 3 nitrogen and oxygen atoms in total. The third-order valence-corrected chi connectivity index (χ3v) is 1.74. The molecule has 0 fully saturated rings. The van der Waals surface area contributed by atoms with E-state index in [2.05, 4.69) is 19.7 Å². The molecule has 0 saturated carbocycles. The van der Waals surface area contributed by atoms with Gasteiger partial charge < -0.3 is 15.1 Å². The third-order valence-electron chi connectivity index (χ3n) is 1.74. The lowest BCUT2D eigenvalue weighted by Gasteiger charge is -2.20. The van der Waals surface area contributed by atoms with Gasteiger partial charge in [-0.25, -0.2) is 0 Å². The van der Waals surface area contributed by atoms with E-state index < -0.39 is 6.10 Å². The van der Waals surface area contributed by atoms with Crippen LogP contribution in [-0.4, -0.2) is 27.8 Å². The topological polar surface area (TPSA) is 43.7 Å². The van der Waals surface area contributed by atoms with Crippen molar-refractivity contribution < 1.29 is 10.2 Å². The van der Waals surface area contributed by atoms with Crippen LogP contribution < -0.4 is 0 Å². The van der Waals surface area contributed by atoms with Crippen LogP contribution in [0.2, 0.25) is 0 Å². The van der Waals surface area contributed by atoms with Gasteiger partial charge in [0.25, 0.3) is 0 Å². The maximum atomic E-state index is 9.21. The Balaban J connectivity index is 3.92. The van der Waals surface area contributed by atoms with Gasteiger partial charge in [0.1, 0.15) is 11.9 Å². The van der Waals surface area contributed by atoms with Crippen LogP contribution in [0.15, 0.2) is 37.4 Å². The van der Waals surface area contributed by atoms with Gasteiger partial charge in [0.2, 0.25) is 0 Å². The van der Waals surface area contributed by atoms with E-state index in [-0.39, 0.29) is 5.76 Å². The molecule has 0 bridgehead atoms. The molecular formula is C10H17NO2. The number of hydrogen-bond acceptors (Lipinski definition) is 3. The fraction of sp³-hybridized carbons (Fsp3) is 0.400. The summed E-state index contributed by atoms with van der Waals surface area (Å²) in [5, 5.41) is 18.0. The molecule has 13 heavy (non-hydrogen) atoms. The highest BCUT2D eigenvalue weighted by molar-refractivity contribution is 4.96. The monoisotopic (exact) mass is 183 g/mol. The Hall–Kier alpha value is -1.22. The van der Waals surface area contributed by atoms with Crippen molar-refractivity contribution in [2.24, 2.45) is 0 Å². The van der Waals surface area contributed by atoms with Crippen LogP contribution in [0.4, 0.5) is 0 Å². The predicted molar refractivity (Wildman–Crippen MR) is 54.1 cm³/mol. The lowest BCUT2D eigenvalue weighted by atomic mass is 10.2. The highest BCUT2D eigenvalue weighted by Gasteiger charge is 2.08. The highest BCUT2D eigenvalue weighted by atomic mass is 16.3. The van der Waals surface area contributed by atoms with Crippen molar-refractivity contribution in [1.29, 1.82) is 0 Å². The van der Waals surface area contributed by atoms with Gasteiger partial charge in [0, 0.05) is 12.2 Å². The molecule has 0 aromatic rings. The first-order chi connectivity index (χ1) is 5.99. The summed E-state index contributed by atoms with van der Waals surface area (Å²) in [5.74, 6) is -0.203. The molecule has 0 aliphatic heterocycles. The van der Waals surface area contributed by atoms with Crippen LogP contribution in [0.1, 0.15) is 13.3 Å². The van der Waals surface area contributed by atoms with Crippen LogP contribution in [0, 0.1) is 0 Å². The lowest BCUT2D eigenvalue weighted by Crippen LogP contribution is -2.21. The van der Waals surface area contributed by atoms with Gasteiger partial charge in [-0.05, 0) is 19.5 Å². The first kappa shape index (κ1) is 11.8. The zero-order valence-electron chi connectivity index (χ0n) is 8.03. The molecule has 0 aromatic heterocycles. The molecule has 0 rings (SSSR count). The summed E-state index contributed by atoms with van der Waals surface area (Å²) in [5.41, 5.74) is 0.853. The van der Waals surface area contributed by atoms with Gasteiger partial charge in [-0.1, -0.05) is 19.7 Å². The maximum absolute atomic E-state index is 9.21. The van der Waals surface area contributed by atoms with E-state index in [1.807, 2.05) is 6.92 Å². The minimum Gasteiger partial charge on any atom is -0.510 e. The molecule has 3 heteroatoms. The minimum atomic E-state index is -0.873. The van der Waals surface area contributed by atoms with E-state index in [9.17, 15) is 5.11 Å². The van der Waals surface area contributed by atoms with Crippen LogP contribution >= 0.6 is 0 Å². The first-order valence-electron chi connectivity index (χ1n) is 4.09. The van der Waals surface area contributed by atoms with Gasteiger partial charge in [0.15, 0.2) is 0 Å². The second-order valence-corrected chi connectivity index (χ2v) is 2.91. The Morgan fingerprint density at radius 1 is 1.54 bits per heavy atom. The van der Waals surface area contributed by atoms with Crippen molar-refractivity contribution in [2.45, 2.75) is 19.4 Å². The molecule has 74 valence electrons. The smallest absolute Gasteiger partial charge is 0.114 e. The third kappa shape index (κ3) is 4.38. The van der Waals surface area contributed by atoms with Crippen molar-refractivity contribution in [3.05, 3.63) is 37.4 Å². The molecule has 0 spiro atoms. The van der Waals surface area contributed by atoms with Crippen LogP contribution in [0.3, 0.4) is 0 Å². The quantitative estimate of drug-likeness (QED) is 0.617. The molecule has 0 aliphatic rings. The lowest BCUT2D eigenvalue weighted by molar-refractivity contribution is 0.139. The van der Waals surface area contributed by atoms with Crippen LogP contribution in [0.25, 0.3) is 0 Å². The minimum absolute atomic E-state index is 0.203. The van der Waals surface area contributed by atoms with E-state index in [0.29, 0.717) is 13.0 Å². The van der Waals surface area contributed by atoms with Gasteiger partial charge in [-0.2, -0.15) is 0 Å². The Kier molecular flexibility index (Phi) is 4.92. The second kappa shape index (κ2) is 5.43. The summed E-state index contributed by atoms with van der Waals surface area (Å²) in [4.78, 5) is 1.80. The van der Waals surface area contributed by atoms with Crippen molar-refractivity contribution in [1.82, 2.24) is 4.90 Å². The Morgan fingerprint density at radius 2 is 2.08 bits per heavy atom. The number of rotatable bonds is 6. The van der Waals surface area contributed by atoms with Crippen LogP contribution in [-0.2, 0) is 0 Å². The summed E-state index contributed by atoms with van der Waals surface area (Å²) >= 11 is 0. The van der Waals surface area contributed by atoms with Crippen molar-refractivity contribution in [2.75, 3.05) is 6.54 Å². The molecule has 0 aliphatic carbocycles. The van der Waals surface area contributed by atoms with Gasteiger partial charge >= 0.3 is 0 Å². The molecule has 1 atom stereocenters. The summed E-state index contributed by atoms with van der Waals surface area (Å²) in [6.45, 7) is 13.0. The van der Waals surface area contributed by atoms with Crippen LogP contribution in [0.5, 0.6) is 0 Å². The van der Waals surface area contributed by atoms with E-state index in [1.165, 1.54) is 0 Å². The Labute approximate surface area is 79.3 Å². The number of nitrogens with zero attached hydrogens (tertiary/aromatic N) is 1. The van der Waals surface area contributed by atoms with Gasteiger partial charge in [-0.3, -0.25) is 0 Å². The predicted octanol–water partition coefficient (Wildman–Crippen LogP) is 1.79. The SMILES string of the molecule is C=CN(CC[C@@H](O)C(=C)O)C(=C)C. The maximum Gasteiger partial charge on any atom is 0.114 e. The largest absolute Gasteiger partial charge is 0.510 e. The Morgan fingerprint density at radius 3 is 2.38 bits per heavy atom. The molecule has 0 unspecified atom stereocenters. The molecule has 0 amide bonds. The van der Waals surface area contributed by atoms with E-state index >= 15 is 0 Å². The normalized spacial score (nSPS) is 11.8. The first-order valence-corrected chi connectivity index (χ1v) is 4.09. The average Bonchev–Trinajstić information content (AvgIpc) is 2.04. The van der Waals surface area contributed by atoms with Gasteiger partial charge in [0.05, 0.1) is 0 Å². The number of hydrogen-bond donors (Lipinski definition) is 2. The fourth-order valence-corrected chi connectivity index (χ4v) is 0.866. The standard InChI is InChI=1S/C10H17NO2/c1-5-11(8(2)3)7-6-10(13)9(4)12/h5,10,12-13H,1-2,4,6-7H2,3H3/t10-/m1/s1. The molecule has 0 radical (unpaired) electrons. The average molecular weight is 183 g/mol. The molecule has 2 N–H and O–H groups in total. The summed E-state index contributed by atoms with van der Waals surface area (Å²) in [6.07, 6.45) is 1.17. The summed E-state index contributed by atoms with van der Waals surface area (Å²) < 4.78 is 0. The van der Waals surface area contributed by atoms with Crippen molar-refractivity contribution in [3.8, 4) is 0 Å². The van der Waals surface area contributed by atoms with E-state index in [0.717, 1.165) is 5.70 Å². The molecule has 0 saturated heterocycles. The zero-order chi connectivity index (χ0) is 10.4. The van der Waals surface area contributed by atoms with Crippen molar-refractivity contribution in [3.63, 3.8) is 0 Å². The van der Waals surface area contributed by atoms with Gasteiger partial charge in [-0.15, -0.1) is 0 Å². The van der Waals surface area contributed by atoms with E-state index in [1.54, 1.807) is 11.1 Å². The number of allylic oxidation sites excluding steroid dienone is 1. The summed E-state index contributed by atoms with van der Waals surface area (Å²) in [7, 11) is 0. The second-order valence-electron chi connectivity index (χ2n) is 2.91. The molecule has 0 aromatic carbocycles. The van der Waals surface area contributed by atoms with E-state index in [4.69, 9.17) is 5.11 Å². The highest BCUT2D eigenvalue weighted by Crippen LogP contribution is 2.06.